The van der Waals surface area contributed by atoms with Crippen LogP contribution in [-0.2, 0) is 4.79 Å². The van der Waals surface area contributed by atoms with Gasteiger partial charge in [-0.2, -0.15) is 0 Å². The van der Waals surface area contributed by atoms with E-state index in [1.807, 2.05) is 39.0 Å². The Balaban J connectivity index is 2.60. The highest BCUT2D eigenvalue weighted by Gasteiger charge is 2.13. The largest absolute Gasteiger partial charge is 0.326 e. The molecule has 1 aromatic carbocycles. The fraction of sp³-hybridized carbons (Fsp3) is 0.462. The van der Waals surface area contributed by atoms with Gasteiger partial charge in [0.1, 0.15) is 0 Å². The molecule has 94 valence electrons. The van der Waals surface area contributed by atoms with Crippen LogP contribution in [0.1, 0.15) is 32.3 Å². The third-order valence-electron chi connectivity index (χ3n) is 2.54. The second-order valence-electron chi connectivity index (χ2n) is 4.95. The van der Waals surface area contributed by atoms with Crippen molar-refractivity contribution in [3.63, 3.8) is 0 Å². The molecule has 0 atom stereocenters. The van der Waals surface area contributed by atoms with Crippen molar-refractivity contribution in [3.05, 3.63) is 28.2 Å². The predicted molar refractivity (Wildman–Crippen MR) is 75.0 cm³/mol. The number of halogens is 1. The Morgan fingerprint density at radius 3 is 2.71 bits per heavy atom. The van der Waals surface area contributed by atoms with Crippen LogP contribution in [0.25, 0.3) is 0 Å². The summed E-state index contributed by atoms with van der Waals surface area (Å²) in [5.41, 5.74) is 7.42. The maximum Gasteiger partial charge on any atom is 0.224 e. The lowest BCUT2D eigenvalue weighted by Gasteiger charge is -2.18. The molecule has 0 aliphatic heterocycles. The SMILES string of the molecule is Cc1c(Br)cccc1NC(=O)CCC(C)(C)N. The number of benzene rings is 1. The van der Waals surface area contributed by atoms with Crippen LogP contribution in [0.15, 0.2) is 22.7 Å². The summed E-state index contributed by atoms with van der Waals surface area (Å²) in [4.78, 5) is 11.7. The Morgan fingerprint density at radius 1 is 1.47 bits per heavy atom. The Bertz CT molecular complexity index is 410. The van der Waals surface area contributed by atoms with Crippen molar-refractivity contribution in [1.82, 2.24) is 0 Å². The van der Waals surface area contributed by atoms with Gasteiger partial charge in [0.2, 0.25) is 5.91 Å². The van der Waals surface area contributed by atoms with Gasteiger partial charge in [0, 0.05) is 22.1 Å². The molecule has 0 unspecified atom stereocenters. The van der Waals surface area contributed by atoms with Crippen LogP contribution >= 0.6 is 15.9 Å². The van der Waals surface area contributed by atoms with E-state index in [1.165, 1.54) is 0 Å². The highest BCUT2D eigenvalue weighted by Crippen LogP contribution is 2.23. The topological polar surface area (TPSA) is 55.1 Å². The summed E-state index contributed by atoms with van der Waals surface area (Å²) in [5, 5.41) is 2.90. The van der Waals surface area contributed by atoms with E-state index in [1.54, 1.807) is 0 Å². The first kappa shape index (κ1) is 14.2. The fourth-order valence-corrected chi connectivity index (χ4v) is 1.76. The van der Waals surface area contributed by atoms with Crippen molar-refractivity contribution in [1.29, 1.82) is 0 Å². The minimum absolute atomic E-state index is 0.00438. The summed E-state index contributed by atoms with van der Waals surface area (Å²) in [6.07, 6.45) is 1.11. The first-order valence-electron chi connectivity index (χ1n) is 5.63. The van der Waals surface area contributed by atoms with Gasteiger partial charge in [0.05, 0.1) is 0 Å². The molecule has 0 bridgehead atoms. The lowest BCUT2D eigenvalue weighted by molar-refractivity contribution is -0.116. The van der Waals surface area contributed by atoms with Crippen LogP contribution < -0.4 is 11.1 Å². The number of anilines is 1. The van der Waals surface area contributed by atoms with Crippen molar-refractivity contribution < 1.29 is 4.79 Å². The number of hydrogen-bond acceptors (Lipinski definition) is 2. The molecule has 1 rings (SSSR count). The quantitative estimate of drug-likeness (QED) is 0.897. The summed E-state index contributed by atoms with van der Waals surface area (Å²) in [6.45, 7) is 5.81. The van der Waals surface area contributed by atoms with E-state index < -0.39 is 0 Å². The molecule has 3 N–H and O–H groups in total. The second kappa shape index (κ2) is 5.65. The third-order valence-corrected chi connectivity index (χ3v) is 3.40. The minimum Gasteiger partial charge on any atom is -0.326 e. The summed E-state index contributed by atoms with van der Waals surface area (Å²) in [6, 6.07) is 5.75. The molecule has 0 aliphatic rings. The zero-order valence-corrected chi connectivity index (χ0v) is 12.1. The van der Waals surface area contributed by atoms with Crippen LogP contribution in [0.2, 0.25) is 0 Å². The Hall–Kier alpha value is -0.870. The van der Waals surface area contributed by atoms with E-state index in [0.29, 0.717) is 12.8 Å². The van der Waals surface area contributed by atoms with E-state index in [0.717, 1.165) is 15.7 Å². The summed E-state index contributed by atoms with van der Waals surface area (Å²) >= 11 is 3.44. The first-order chi connectivity index (χ1) is 7.79. The Labute approximate surface area is 111 Å². The third kappa shape index (κ3) is 4.88. The molecule has 3 nitrogen and oxygen atoms in total. The van der Waals surface area contributed by atoms with E-state index in [4.69, 9.17) is 5.73 Å². The van der Waals surface area contributed by atoms with Crippen LogP contribution in [0.5, 0.6) is 0 Å². The molecule has 17 heavy (non-hydrogen) atoms. The number of hydrogen-bond donors (Lipinski definition) is 2. The van der Waals surface area contributed by atoms with Gasteiger partial charge in [0.15, 0.2) is 0 Å². The molecule has 0 saturated heterocycles. The van der Waals surface area contributed by atoms with Crippen molar-refractivity contribution >= 4 is 27.5 Å². The fourth-order valence-electron chi connectivity index (χ4n) is 1.39. The van der Waals surface area contributed by atoms with Gasteiger partial charge in [-0.3, -0.25) is 4.79 Å². The smallest absolute Gasteiger partial charge is 0.224 e. The van der Waals surface area contributed by atoms with Crippen LogP contribution in [0.3, 0.4) is 0 Å². The molecule has 4 heteroatoms. The van der Waals surface area contributed by atoms with E-state index in [9.17, 15) is 4.79 Å². The van der Waals surface area contributed by atoms with Gasteiger partial charge in [-0.25, -0.2) is 0 Å². The van der Waals surface area contributed by atoms with Crippen LogP contribution in [0.4, 0.5) is 5.69 Å². The molecular weight excluding hydrogens is 280 g/mol. The average molecular weight is 299 g/mol. The van der Waals surface area contributed by atoms with Gasteiger partial charge in [0.25, 0.3) is 0 Å². The van der Waals surface area contributed by atoms with Crippen molar-refractivity contribution in [3.8, 4) is 0 Å². The molecule has 0 saturated carbocycles. The highest BCUT2D eigenvalue weighted by molar-refractivity contribution is 9.10. The average Bonchev–Trinajstić information content (AvgIpc) is 2.21. The zero-order chi connectivity index (χ0) is 13.1. The summed E-state index contributed by atoms with van der Waals surface area (Å²) in [7, 11) is 0. The van der Waals surface area contributed by atoms with E-state index in [2.05, 4.69) is 21.2 Å². The number of rotatable bonds is 4. The monoisotopic (exact) mass is 298 g/mol. The summed E-state index contributed by atoms with van der Waals surface area (Å²) < 4.78 is 0.995. The van der Waals surface area contributed by atoms with Gasteiger partial charge in [-0.1, -0.05) is 22.0 Å². The van der Waals surface area contributed by atoms with Crippen molar-refractivity contribution in [2.45, 2.75) is 39.2 Å². The predicted octanol–water partition coefficient (Wildman–Crippen LogP) is 3.21. The van der Waals surface area contributed by atoms with Crippen LogP contribution in [-0.4, -0.2) is 11.4 Å². The standard InChI is InChI=1S/C13H19BrN2O/c1-9-10(14)5-4-6-11(9)16-12(17)7-8-13(2,3)15/h4-6H,7-8,15H2,1-3H3,(H,16,17). The molecule has 0 aliphatic carbocycles. The number of carbonyl (C=O) groups excluding carboxylic acids is 1. The van der Waals surface area contributed by atoms with Gasteiger partial charge < -0.3 is 11.1 Å². The number of nitrogens with one attached hydrogen (secondary N) is 1. The highest BCUT2D eigenvalue weighted by atomic mass is 79.9. The first-order valence-corrected chi connectivity index (χ1v) is 6.43. The maximum atomic E-state index is 11.7. The lowest BCUT2D eigenvalue weighted by Crippen LogP contribution is -2.33. The molecule has 1 aromatic rings. The summed E-state index contributed by atoms with van der Waals surface area (Å²) in [5.74, 6) is 0.00438. The van der Waals surface area contributed by atoms with Gasteiger partial charge in [-0.05, 0) is 44.9 Å². The van der Waals surface area contributed by atoms with E-state index >= 15 is 0 Å². The number of amides is 1. The lowest BCUT2D eigenvalue weighted by atomic mass is 10.00. The Kier molecular flexibility index (Phi) is 4.71. The molecule has 0 fully saturated rings. The van der Waals surface area contributed by atoms with Crippen LogP contribution in [0, 0.1) is 6.92 Å². The van der Waals surface area contributed by atoms with Gasteiger partial charge in [-0.15, -0.1) is 0 Å². The maximum absolute atomic E-state index is 11.7. The molecule has 0 spiro atoms. The zero-order valence-electron chi connectivity index (χ0n) is 10.5. The second-order valence-corrected chi connectivity index (χ2v) is 5.80. The molecule has 0 aromatic heterocycles. The van der Waals surface area contributed by atoms with Gasteiger partial charge >= 0.3 is 0 Å². The molecule has 0 heterocycles. The number of carbonyl (C=O) groups is 1. The Morgan fingerprint density at radius 2 is 2.12 bits per heavy atom. The van der Waals surface area contributed by atoms with Crippen molar-refractivity contribution in [2.75, 3.05) is 5.32 Å². The van der Waals surface area contributed by atoms with Crippen molar-refractivity contribution in [2.24, 2.45) is 5.73 Å². The van der Waals surface area contributed by atoms with E-state index in [-0.39, 0.29) is 11.4 Å². The molecule has 1 amide bonds. The molecule has 0 radical (unpaired) electrons. The number of nitrogens with two attached hydrogens (primary N) is 1. The molecular formula is C13H19BrN2O. The normalized spacial score (nSPS) is 11.4. The minimum atomic E-state index is -0.302.